The zero-order valence-electron chi connectivity index (χ0n) is 12.1. The van der Waals surface area contributed by atoms with Gasteiger partial charge in [0.1, 0.15) is 5.00 Å². The number of esters is 2. The number of thioether (sulfide) groups is 1. The molecule has 2 aromatic rings. The molecule has 1 heterocycles. The minimum absolute atomic E-state index is 0.371. The maximum Gasteiger partial charge on any atom is 0.340 e. The summed E-state index contributed by atoms with van der Waals surface area (Å²) in [5.74, 6) is -0.219. The summed E-state index contributed by atoms with van der Waals surface area (Å²) in [6.07, 6.45) is 0. The van der Waals surface area contributed by atoms with Crippen LogP contribution in [-0.2, 0) is 15.2 Å². The Labute approximate surface area is 136 Å². The van der Waals surface area contributed by atoms with Crippen molar-refractivity contribution in [2.75, 3.05) is 20.0 Å². The summed E-state index contributed by atoms with van der Waals surface area (Å²) in [4.78, 5) is 25.0. The van der Waals surface area contributed by atoms with Crippen LogP contribution < -0.4 is 5.73 Å². The molecule has 0 fully saturated rings. The maximum absolute atomic E-state index is 11.7. The highest BCUT2D eigenvalue weighted by atomic mass is 32.2. The van der Waals surface area contributed by atoms with Crippen LogP contribution in [0.4, 0.5) is 5.00 Å². The number of hydrogen-bond donors (Lipinski definition) is 1. The molecule has 0 amide bonds. The first-order valence-electron chi connectivity index (χ1n) is 6.33. The van der Waals surface area contributed by atoms with Gasteiger partial charge in [-0.3, -0.25) is 0 Å². The Morgan fingerprint density at radius 1 is 1.14 bits per heavy atom. The summed E-state index contributed by atoms with van der Waals surface area (Å²) in [5.41, 5.74) is 6.72. The largest absolute Gasteiger partial charge is 0.465 e. The molecule has 0 atom stereocenters. The number of anilines is 1. The lowest BCUT2D eigenvalue weighted by Gasteiger charge is -2.06. The van der Waals surface area contributed by atoms with Gasteiger partial charge in [-0.05, 0) is 18.2 Å². The molecule has 0 bridgehead atoms. The molecular formula is C15H15NO4S2. The standard InChI is InChI=1S/C15H15NO4S2/c1-19-14(17)10-5-3-4-6-12(10)21-8-9-7-11(13(16)22-9)15(18)20-2/h3-7H,8,16H2,1-2H3. The van der Waals surface area contributed by atoms with Crippen LogP contribution in [0.15, 0.2) is 35.2 Å². The quantitative estimate of drug-likeness (QED) is 0.667. The zero-order chi connectivity index (χ0) is 16.1. The van der Waals surface area contributed by atoms with Gasteiger partial charge in [0.15, 0.2) is 0 Å². The molecule has 0 radical (unpaired) electrons. The van der Waals surface area contributed by atoms with E-state index < -0.39 is 5.97 Å². The van der Waals surface area contributed by atoms with Crippen LogP contribution in [-0.4, -0.2) is 26.2 Å². The number of carbonyl (C=O) groups excluding carboxylic acids is 2. The lowest BCUT2D eigenvalue weighted by atomic mass is 10.2. The van der Waals surface area contributed by atoms with E-state index in [1.807, 2.05) is 12.1 Å². The van der Waals surface area contributed by atoms with E-state index in [2.05, 4.69) is 4.74 Å². The minimum atomic E-state index is -0.444. The molecule has 0 aliphatic carbocycles. The Morgan fingerprint density at radius 2 is 1.77 bits per heavy atom. The van der Waals surface area contributed by atoms with Crippen molar-refractivity contribution in [2.45, 2.75) is 10.6 Å². The van der Waals surface area contributed by atoms with Gasteiger partial charge in [-0.25, -0.2) is 9.59 Å². The van der Waals surface area contributed by atoms with Gasteiger partial charge in [-0.1, -0.05) is 12.1 Å². The van der Waals surface area contributed by atoms with Crippen molar-refractivity contribution in [1.29, 1.82) is 0 Å². The zero-order valence-corrected chi connectivity index (χ0v) is 13.8. The molecule has 2 rings (SSSR count). The number of nitrogen functional groups attached to an aromatic ring is 1. The Hall–Kier alpha value is -1.99. The molecule has 7 heteroatoms. The SMILES string of the molecule is COC(=O)c1ccccc1SCc1cc(C(=O)OC)c(N)s1. The topological polar surface area (TPSA) is 78.6 Å². The number of rotatable bonds is 5. The lowest BCUT2D eigenvalue weighted by molar-refractivity contribution is 0.0590. The van der Waals surface area contributed by atoms with Crippen molar-refractivity contribution in [1.82, 2.24) is 0 Å². The molecule has 2 N–H and O–H groups in total. The summed E-state index contributed by atoms with van der Waals surface area (Å²) >= 11 is 2.82. The second-order valence-electron chi connectivity index (χ2n) is 4.26. The summed E-state index contributed by atoms with van der Waals surface area (Å²) in [6, 6.07) is 8.94. The molecule has 22 heavy (non-hydrogen) atoms. The van der Waals surface area contributed by atoms with E-state index in [4.69, 9.17) is 10.5 Å². The molecule has 0 aliphatic heterocycles. The van der Waals surface area contributed by atoms with Crippen molar-refractivity contribution in [3.05, 3.63) is 46.3 Å². The highest BCUT2D eigenvalue weighted by Crippen LogP contribution is 2.32. The van der Waals surface area contributed by atoms with Gasteiger partial charge >= 0.3 is 11.9 Å². The third-order valence-electron chi connectivity index (χ3n) is 2.88. The van der Waals surface area contributed by atoms with Crippen LogP contribution in [0, 0.1) is 0 Å². The fraction of sp³-hybridized carbons (Fsp3) is 0.200. The average Bonchev–Trinajstić information content (AvgIpc) is 2.92. The summed E-state index contributed by atoms with van der Waals surface area (Å²) < 4.78 is 9.45. The molecule has 0 unspecified atom stereocenters. The third kappa shape index (κ3) is 3.61. The van der Waals surface area contributed by atoms with Gasteiger partial charge in [0.05, 0.1) is 25.3 Å². The molecule has 0 saturated carbocycles. The van der Waals surface area contributed by atoms with E-state index in [-0.39, 0.29) is 5.97 Å². The summed E-state index contributed by atoms with van der Waals surface area (Å²) in [5, 5.41) is 0.434. The van der Waals surface area contributed by atoms with Gasteiger partial charge in [0, 0.05) is 15.5 Å². The fourth-order valence-electron chi connectivity index (χ4n) is 1.82. The van der Waals surface area contributed by atoms with Crippen LogP contribution >= 0.6 is 23.1 Å². The van der Waals surface area contributed by atoms with E-state index in [9.17, 15) is 9.59 Å². The van der Waals surface area contributed by atoms with Gasteiger partial charge in [0.2, 0.25) is 0 Å². The maximum atomic E-state index is 11.7. The number of methoxy groups -OCH3 is 2. The van der Waals surface area contributed by atoms with Gasteiger partial charge in [-0.2, -0.15) is 0 Å². The van der Waals surface area contributed by atoms with Crippen LogP contribution in [0.25, 0.3) is 0 Å². The lowest BCUT2D eigenvalue weighted by Crippen LogP contribution is -2.02. The Balaban J connectivity index is 2.14. The van der Waals surface area contributed by atoms with E-state index in [1.165, 1.54) is 37.3 Å². The monoisotopic (exact) mass is 337 g/mol. The predicted octanol–water partition coefficient (Wildman–Crippen LogP) is 3.20. The molecule has 0 saturated heterocycles. The normalized spacial score (nSPS) is 10.3. The minimum Gasteiger partial charge on any atom is -0.465 e. The van der Waals surface area contributed by atoms with E-state index >= 15 is 0 Å². The number of carbonyl (C=O) groups is 2. The number of ether oxygens (including phenoxy) is 2. The number of benzene rings is 1. The van der Waals surface area contributed by atoms with Gasteiger partial charge in [0.25, 0.3) is 0 Å². The van der Waals surface area contributed by atoms with E-state index in [0.717, 1.165) is 9.77 Å². The molecule has 0 aliphatic rings. The molecule has 1 aromatic carbocycles. The highest BCUT2D eigenvalue weighted by Gasteiger charge is 2.16. The average molecular weight is 337 g/mol. The van der Waals surface area contributed by atoms with Crippen LogP contribution in [0.1, 0.15) is 25.6 Å². The van der Waals surface area contributed by atoms with Crippen LogP contribution in [0.2, 0.25) is 0 Å². The van der Waals surface area contributed by atoms with Gasteiger partial charge < -0.3 is 15.2 Å². The first kappa shape index (κ1) is 16.4. The summed E-state index contributed by atoms with van der Waals surface area (Å²) in [6.45, 7) is 0. The van der Waals surface area contributed by atoms with Crippen LogP contribution in [0.3, 0.4) is 0 Å². The number of nitrogens with two attached hydrogens (primary N) is 1. The third-order valence-corrected chi connectivity index (χ3v) is 5.15. The highest BCUT2D eigenvalue weighted by molar-refractivity contribution is 7.98. The molecule has 116 valence electrons. The molecule has 1 aromatic heterocycles. The Kier molecular flexibility index (Phi) is 5.46. The van der Waals surface area contributed by atoms with Crippen molar-refractivity contribution in [3.63, 3.8) is 0 Å². The number of thiophene rings is 1. The van der Waals surface area contributed by atoms with Crippen LogP contribution in [0.5, 0.6) is 0 Å². The second kappa shape index (κ2) is 7.33. The van der Waals surface area contributed by atoms with Gasteiger partial charge in [-0.15, -0.1) is 23.1 Å². The van der Waals surface area contributed by atoms with Crippen molar-refractivity contribution >= 4 is 40.0 Å². The van der Waals surface area contributed by atoms with Crippen molar-refractivity contribution in [3.8, 4) is 0 Å². The predicted molar refractivity (Wildman–Crippen MR) is 87.4 cm³/mol. The first-order valence-corrected chi connectivity index (χ1v) is 8.13. The first-order chi connectivity index (χ1) is 10.6. The van der Waals surface area contributed by atoms with E-state index in [0.29, 0.717) is 21.9 Å². The Morgan fingerprint density at radius 3 is 2.45 bits per heavy atom. The summed E-state index contributed by atoms with van der Waals surface area (Å²) in [7, 11) is 2.67. The fourth-order valence-corrected chi connectivity index (χ4v) is 3.81. The number of hydrogen-bond acceptors (Lipinski definition) is 7. The molecule has 5 nitrogen and oxygen atoms in total. The van der Waals surface area contributed by atoms with E-state index in [1.54, 1.807) is 18.2 Å². The Bertz CT molecular complexity index is 697. The second-order valence-corrected chi connectivity index (χ2v) is 6.44. The van der Waals surface area contributed by atoms with Crippen molar-refractivity contribution in [2.24, 2.45) is 0 Å². The smallest absolute Gasteiger partial charge is 0.340 e. The molecular weight excluding hydrogens is 322 g/mol. The van der Waals surface area contributed by atoms with Crippen molar-refractivity contribution < 1.29 is 19.1 Å². The molecule has 0 spiro atoms.